The molecular formula is C14H20N4S2. The largest absolute Gasteiger partial charge is 0.354 e. The molecule has 0 aromatic carbocycles. The maximum absolute atomic E-state index is 4.25. The van der Waals surface area contributed by atoms with Gasteiger partial charge in [0.05, 0.1) is 6.54 Å². The van der Waals surface area contributed by atoms with Crippen LogP contribution in [-0.2, 0) is 13.0 Å². The van der Waals surface area contributed by atoms with Crippen LogP contribution in [0, 0.1) is 6.92 Å². The molecule has 0 fully saturated rings. The van der Waals surface area contributed by atoms with Crippen LogP contribution in [-0.4, -0.2) is 24.0 Å². The Morgan fingerprint density at radius 1 is 1.45 bits per heavy atom. The van der Waals surface area contributed by atoms with Crippen LogP contribution in [0.15, 0.2) is 28.7 Å². The van der Waals surface area contributed by atoms with E-state index in [0.717, 1.165) is 17.4 Å². The Morgan fingerprint density at radius 2 is 2.30 bits per heavy atom. The van der Waals surface area contributed by atoms with Crippen molar-refractivity contribution < 1.29 is 0 Å². The van der Waals surface area contributed by atoms with Gasteiger partial charge in [-0.1, -0.05) is 0 Å². The first-order valence-corrected chi connectivity index (χ1v) is 8.28. The zero-order chi connectivity index (χ0) is 14.4. The summed E-state index contributed by atoms with van der Waals surface area (Å²) in [6.07, 6.45) is 2.83. The highest BCUT2D eigenvalue weighted by atomic mass is 32.1. The minimum absolute atomic E-state index is 0.343. The molecule has 0 amide bonds. The monoisotopic (exact) mass is 308 g/mol. The van der Waals surface area contributed by atoms with Gasteiger partial charge in [-0.3, -0.25) is 4.99 Å². The molecule has 0 aliphatic rings. The molecule has 20 heavy (non-hydrogen) atoms. The lowest BCUT2D eigenvalue weighted by molar-refractivity contribution is 0.644. The number of thiophene rings is 1. The third-order valence-corrected chi connectivity index (χ3v) is 4.60. The molecule has 108 valence electrons. The zero-order valence-corrected chi connectivity index (χ0v) is 13.6. The van der Waals surface area contributed by atoms with Crippen molar-refractivity contribution in [2.45, 2.75) is 32.9 Å². The van der Waals surface area contributed by atoms with Crippen molar-refractivity contribution in [2.75, 3.05) is 7.05 Å². The average Bonchev–Trinajstić information content (AvgIpc) is 3.06. The minimum atomic E-state index is 0.343. The zero-order valence-electron chi connectivity index (χ0n) is 12.0. The number of guanidine groups is 1. The topological polar surface area (TPSA) is 49.3 Å². The van der Waals surface area contributed by atoms with E-state index in [1.165, 1.54) is 9.75 Å². The van der Waals surface area contributed by atoms with Gasteiger partial charge in [0.25, 0.3) is 0 Å². The third-order valence-electron chi connectivity index (χ3n) is 2.80. The molecule has 2 aromatic heterocycles. The lowest BCUT2D eigenvalue weighted by Crippen LogP contribution is -2.42. The third kappa shape index (κ3) is 4.61. The van der Waals surface area contributed by atoms with E-state index in [1.807, 2.05) is 22.9 Å². The Morgan fingerprint density at radius 3 is 2.90 bits per heavy atom. The minimum Gasteiger partial charge on any atom is -0.354 e. The van der Waals surface area contributed by atoms with Crippen molar-refractivity contribution in [1.82, 2.24) is 15.6 Å². The fraction of sp³-hybridized carbons (Fsp3) is 0.429. The molecule has 1 atom stereocenters. The SMILES string of the molecule is CN=C(NCc1nccs1)NC(C)Cc1ccc(C)s1. The van der Waals surface area contributed by atoms with Gasteiger partial charge >= 0.3 is 0 Å². The lowest BCUT2D eigenvalue weighted by Gasteiger charge is -2.16. The van der Waals surface area contributed by atoms with E-state index < -0.39 is 0 Å². The molecule has 4 nitrogen and oxygen atoms in total. The molecule has 0 saturated heterocycles. The predicted molar refractivity (Wildman–Crippen MR) is 87.7 cm³/mol. The Labute approximate surface area is 128 Å². The highest BCUT2D eigenvalue weighted by Gasteiger charge is 2.08. The molecular weight excluding hydrogens is 288 g/mol. The molecule has 2 aromatic rings. The fourth-order valence-electron chi connectivity index (χ4n) is 1.88. The van der Waals surface area contributed by atoms with Gasteiger partial charge in [-0.05, 0) is 26.0 Å². The number of aromatic nitrogens is 1. The van der Waals surface area contributed by atoms with Gasteiger partial charge in [-0.25, -0.2) is 4.98 Å². The second-order valence-corrected chi connectivity index (χ2v) is 6.97. The summed E-state index contributed by atoms with van der Waals surface area (Å²) in [4.78, 5) is 11.3. The molecule has 0 aliphatic carbocycles. The molecule has 0 radical (unpaired) electrons. The molecule has 0 spiro atoms. The Hall–Kier alpha value is -1.40. The number of nitrogens with zero attached hydrogens (tertiary/aromatic N) is 2. The van der Waals surface area contributed by atoms with E-state index in [9.17, 15) is 0 Å². The van der Waals surface area contributed by atoms with Crippen LogP contribution in [0.5, 0.6) is 0 Å². The highest BCUT2D eigenvalue weighted by Crippen LogP contribution is 2.16. The molecule has 1 unspecified atom stereocenters. The Bertz CT molecular complexity index is 545. The van der Waals surface area contributed by atoms with Gasteiger partial charge < -0.3 is 10.6 Å². The first kappa shape index (κ1) is 15.0. The van der Waals surface area contributed by atoms with Crippen LogP contribution >= 0.6 is 22.7 Å². The quantitative estimate of drug-likeness (QED) is 0.659. The summed E-state index contributed by atoms with van der Waals surface area (Å²) >= 11 is 3.50. The Balaban J connectivity index is 1.80. The van der Waals surface area contributed by atoms with Gasteiger partial charge in [0.15, 0.2) is 5.96 Å². The molecule has 6 heteroatoms. The summed E-state index contributed by atoms with van der Waals surface area (Å²) in [6, 6.07) is 4.71. The van der Waals surface area contributed by atoms with E-state index in [2.05, 4.69) is 46.6 Å². The van der Waals surface area contributed by atoms with Gasteiger partial charge in [0, 0.05) is 40.8 Å². The fourth-order valence-corrected chi connectivity index (χ4v) is 3.45. The van der Waals surface area contributed by atoms with Crippen LogP contribution in [0.1, 0.15) is 21.7 Å². The van der Waals surface area contributed by atoms with Crippen molar-refractivity contribution in [3.05, 3.63) is 38.5 Å². The summed E-state index contributed by atoms with van der Waals surface area (Å²) < 4.78 is 0. The van der Waals surface area contributed by atoms with E-state index in [-0.39, 0.29) is 0 Å². The van der Waals surface area contributed by atoms with E-state index >= 15 is 0 Å². The number of hydrogen-bond acceptors (Lipinski definition) is 4. The molecule has 2 heterocycles. The smallest absolute Gasteiger partial charge is 0.191 e. The maximum Gasteiger partial charge on any atom is 0.191 e. The number of rotatable bonds is 5. The summed E-state index contributed by atoms with van der Waals surface area (Å²) in [6.45, 7) is 5.02. The average molecular weight is 308 g/mol. The number of aryl methyl sites for hydroxylation is 1. The molecule has 2 rings (SSSR count). The van der Waals surface area contributed by atoms with Crippen LogP contribution in [0.3, 0.4) is 0 Å². The number of thiazole rings is 1. The van der Waals surface area contributed by atoms with Crippen LogP contribution in [0.4, 0.5) is 0 Å². The van der Waals surface area contributed by atoms with Crippen LogP contribution in [0.2, 0.25) is 0 Å². The standard InChI is InChI=1S/C14H20N4S2/c1-10(8-12-5-4-11(2)20-12)18-14(15-3)17-9-13-16-6-7-19-13/h4-7,10H,8-9H2,1-3H3,(H2,15,17,18). The normalized spacial score (nSPS) is 13.2. The van der Waals surface area contributed by atoms with E-state index in [1.54, 1.807) is 18.4 Å². The van der Waals surface area contributed by atoms with Crippen molar-refractivity contribution >= 4 is 28.6 Å². The maximum atomic E-state index is 4.25. The van der Waals surface area contributed by atoms with Gasteiger partial charge in [0.2, 0.25) is 0 Å². The number of hydrogen-bond donors (Lipinski definition) is 2. The number of aliphatic imine (C=N–C) groups is 1. The van der Waals surface area contributed by atoms with Crippen LogP contribution in [0.25, 0.3) is 0 Å². The summed E-state index contributed by atoms with van der Waals surface area (Å²) in [5.41, 5.74) is 0. The van der Waals surface area contributed by atoms with E-state index in [4.69, 9.17) is 0 Å². The molecule has 0 saturated carbocycles. The second-order valence-electron chi connectivity index (χ2n) is 4.61. The van der Waals surface area contributed by atoms with Crippen molar-refractivity contribution in [3.8, 4) is 0 Å². The first-order valence-electron chi connectivity index (χ1n) is 6.58. The second kappa shape index (κ2) is 7.40. The van der Waals surface area contributed by atoms with Crippen LogP contribution < -0.4 is 10.6 Å². The first-order chi connectivity index (χ1) is 9.67. The summed E-state index contributed by atoms with van der Waals surface area (Å²) in [5, 5.41) is 9.74. The van der Waals surface area contributed by atoms with Crippen molar-refractivity contribution in [3.63, 3.8) is 0 Å². The number of nitrogens with one attached hydrogen (secondary N) is 2. The summed E-state index contributed by atoms with van der Waals surface area (Å²) in [7, 11) is 1.79. The Kier molecular flexibility index (Phi) is 5.55. The van der Waals surface area contributed by atoms with Gasteiger partial charge in [0.1, 0.15) is 5.01 Å². The van der Waals surface area contributed by atoms with Crippen molar-refractivity contribution in [1.29, 1.82) is 0 Å². The molecule has 2 N–H and O–H groups in total. The predicted octanol–water partition coefficient (Wildman–Crippen LogP) is 2.81. The molecule has 0 aliphatic heterocycles. The van der Waals surface area contributed by atoms with E-state index in [0.29, 0.717) is 12.6 Å². The van der Waals surface area contributed by atoms with Gasteiger partial charge in [-0.2, -0.15) is 0 Å². The van der Waals surface area contributed by atoms with Crippen molar-refractivity contribution in [2.24, 2.45) is 4.99 Å². The summed E-state index contributed by atoms with van der Waals surface area (Å²) in [5.74, 6) is 0.820. The highest BCUT2D eigenvalue weighted by molar-refractivity contribution is 7.11. The molecule has 0 bridgehead atoms. The lowest BCUT2D eigenvalue weighted by atomic mass is 10.2. The van der Waals surface area contributed by atoms with Gasteiger partial charge in [-0.15, -0.1) is 22.7 Å².